The maximum absolute atomic E-state index is 12.2. The van der Waals surface area contributed by atoms with Crippen LogP contribution in [0.4, 0.5) is 5.69 Å². The van der Waals surface area contributed by atoms with Crippen molar-refractivity contribution in [1.29, 1.82) is 0 Å². The zero-order valence-electron chi connectivity index (χ0n) is 11.2. The lowest BCUT2D eigenvalue weighted by molar-refractivity contribution is -0.384. The molecule has 0 fully saturated rings. The molecule has 1 aromatic heterocycles. The van der Waals surface area contributed by atoms with Crippen LogP contribution in [0.3, 0.4) is 0 Å². The SMILES string of the molecule is Cc1ccc(CN(C)C(=O)c2ccc([N+](=O)[O-])cc2)o1. The van der Waals surface area contributed by atoms with Crippen LogP contribution in [-0.4, -0.2) is 22.8 Å². The lowest BCUT2D eigenvalue weighted by Gasteiger charge is -2.15. The first kappa shape index (κ1) is 13.8. The summed E-state index contributed by atoms with van der Waals surface area (Å²) in [6.07, 6.45) is 0. The van der Waals surface area contributed by atoms with Crippen LogP contribution in [0.5, 0.6) is 0 Å². The maximum atomic E-state index is 12.2. The summed E-state index contributed by atoms with van der Waals surface area (Å²) in [5, 5.41) is 10.6. The van der Waals surface area contributed by atoms with Crippen LogP contribution >= 0.6 is 0 Å². The van der Waals surface area contributed by atoms with Crippen LogP contribution < -0.4 is 0 Å². The molecule has 0 aliphatic heterocycles. The highest BCUT2D eigenvalue weighted by Crippen LogP contribution is 2.15. The predicted molar refractivity (Wildman–Crippen MR) is 72.3 cm³/mol. The Morgan fingerprint density at radius 2 is 1.90 bits per heavy atom. The monoisotopic (exact) mass is 274 g/mol. The second-order valence-corrected chi connectivity index (χ2v) is 4.48. The van der Waals surface area contributed by atoms with E-state index in [1.807, 2.05) is 19.1 Å². The van der Waals surface area contributed by atoms with Crippen molar-refractivity contribution in [3.63, 3.8) is 0 Å². The largest absolute Gasteiger partial charge is 0.464 e. The van der Waals surface area contributed by atoms with Crippen molar-refractivity contribution in [2.75, 3.05) is 7.05 Å². The van der Waals surface area contributed by atoms with E-state index in [1.54, 1.807) is 7.05 Å². The quantitative estimate of drug-likeness (QED) is 0.634. The Bertz CT molecular complexity index is 631. The normalized spacial score (nSPS) is 10.3. The fourth-order valence-electron chi connectivity index (χ4n) is 1.82. The molecule has 0 spiro atoms. The summed E-state index contributed by atoms with van der Waals surface area (Å²) in [7, 11) is 1.65. The first-order chi connectivity index (χ1) is 9.47. The number of hydrogen-bond donors (Lipinski definition) is 0. The molecule has 2 aromatic rings. The zero-order chi connectivity index (χ0) is 14.7. The van der Waals surface area contributed by atoms with Gasteiger partial charge in [-0.05, 0) is 31.2 Å². The Balaban J connectivity index is 2.08. The second kappa shape index (κ2) is 5.56. The van der Waals surface area contributed by atoms with Gasteiger partial charge in [0.2, 0.25) is 0 Å². The van der Waals surface area contributed by atoms with Crippen molar-refractivity contribution in [1.82, 2.24) is 4.90 Å². The average Bonchev–Trinajstić information content (AvgIpc) is 2.83. The number of hydrogen-bond acceptors (Lipinski definition) is 4. The molecule has 0 aliphatic carbocycles. The van der Waals surface area contributed by atoms with Gasteiger partial charge in [-0.15, -0.1) is 0 Å². The number of benzene rings is 1. The smallest absolute Gasteiger partial charge is 0.269 e. The molecule has 0 aliphatic rings. The predicted octanol–water partition coefficient (Wildman–Crippen LogP) is 2.77. The summed E-state index contributed by atoms with van der Waals surface area (Å²) in [6.45, 7) is 2.19. The Kier molecular flexibility index (Phi) is 3.84. The van der Waals surface area contributed by atoms with Crippen LogP contribution in [0.15, 0.2) is 40.8 Å². The van der Waals surface area contributed by atoms with Crippen molar-refractivity contribution in [3.05, 3.63) is 63.6 Å². The molecule has 6 nitrogen and oxygen atoms in total. The van der Waals surface area contributed by atoms with Crippen LogP contribution in [0.1, 0.15) is 21.9 Å². The summed E-state index contributed by atoms with van der Waals surface area (Å²) >= 11 is 0. The van der Waals surface area contributed by atoms with Crippen molar-refractivity contribution in [3.8, 4) is 0 Å². The average molecular weight is 274 g/mol. The second-order valence-electron chi connectivity index (χ2n) is 4.48. The minimum atomic E-state index is -0.496. The highest BCUT2D eigenvalue weighted by molar-refractivity contribution is 5.94. The number of amides is 1. The highest BCUT2D eigenvalue weighted by Gasteiger charge is 2.15. The molecule has 104 valence electrons. The Hall–Kier alpha value is -2.63. The number of carbonyl (C=O) groups excluding carboxylic acids is 1. The zero-order valence-corrected chi connectivity index (χ0v) is 11.2. The molecule has 1 heterocycles. The van der Waals surface area contributed by atoms with Gasteiger partial charge >= 0.3 is 0 Å². The van der Waals surface area contributed by atoms with Crippen LogP contribution in [0.25, 0.3) is 0 Å². The van der Waals surface area contributed by atoms with Crippen molar-refractivity contribution < 1.29 is 14.1 Å². The summed E-state index contributed by atoms with van der Waals surface area (Å²) in [6, 6.07) is 9.18. The topological polar surface area (TPSA) is 76.6 Å². The van der Waals surface area contributed by atoms with E-state index in [0.717, 1.165) is 5.76 Å². The molecule has 0 saturated heterocycles. The first-order valence-corrected chi connectivity index (χ1v) is 6.02. The van der Waals surface area contributed by atoms with Crippen molar-refractivity contribution in [2.24, 2.45) is 0 Å². The fraction of sp³-hybridized carbons (Fsp3) is 0.214. The maximum Gasteiger partial charge on any atom is 0.269 e. The lowest BCUT2D eigenvalue weighted by atomic mass is 10.2. The van der Waals surface area contributed by atoms with Gasteiger partial charge in [-0.1, -0.05) is 0 Å². The number of furan rings is 1. The van der Waals surface area contributed by atoms with E-state index in [0.29, 0.717) is 17.9 Å². The van der Waals surface area contributed by atoms with Crippen LogP contribution in [-0.2, 0) is 6.54 Å². The molecule has 0 atom stereocenters. The van der Waals surface area contributed by atoms with Crippen LogP contribution in [0.2, 0.25) is 0 Å². The standard InChI is InChI=1S/C14H14N2O4/c1-10-3-8-13(20-10)9-15(2)14(17)11-4-6-12(7-5-11)16(18)19/h3-8H,9H2,1-2H3. The van der Waals surface area contributed by atoms with Gasteiger partial charge in [-0.3, -0.25) is 14.9 Å². The van der Waals surface area contributed by atoms with Crippen LogP contribution in [0, 0.1) is 17.0 Å². The molecular weight excluding hydrogens is 260 g/mol. The number of aryl methyl sites for hydroxylation is 1. The molecule has 0 bridgehead atoms. The third-order valence-electron chi connectivity index (χ3n) is 2.86. The van der Waals surface area contributed by atoms with Gasteiger partial charge in [0.15, 0.2) is 0 Å². The van der Waals surface area contributed by atoms with E-state index >= 15 is 0 Å². The summed E-state index contributed by atoms with van der Waals surface area (Å²) in [5.74, 6) is 1.27. The van der Waals surface area contributed by atoms with E-state index in [9.17, 15) is 14.9 Å². The molecule has 0 saturated carbocycles. The highest BCUT2D eigenvalue weighted by atomic mass is 16.6. The van der Waals surface area contributed by atoms with Crippen molar-refractivity contribution >= 4 is 11.6 Å². The molecule has 0 radical (unpaired) electrons. The van der Waals surface area contributed by atoms with E-state index in [4.69, 9.17) is 4.42 Å². The van der Waals surface area contributed by atoms with Gasteiger partial charge in [-0.2, -0.15) is 0 Å². The first-order valence-electron chi connectivity index (χ1n) is 6.02. The van der Waals surface area contributed by atoms with E-state index in [-0.39, 0.29) is 11.6 Å². The Morgan fingerprint density at radius 3 is 2.40 bits per heavy atom. The number of nitro benzene ring substituents is 1. The molecule has 6 heteroatoms. The molecule has 1 amide bonds. The van der Waals surface area contributed by atoms with Gasteiger partial charge in [-0.25, -0.2) is 0 Å². The minimum Gasteiger partial charge on any atom is -0.464 e. The van der Waals surface area contributed by atoms with Gasteiger partial charge in [0.1, 0.15) is 11.5 Å². The van der Waals surface area contributed by atoms with E-state index in [2.05, 4.69) is 0 Å². The summed E-state index contributed by atoms with van der Waals surface area (Å²) in [4.78, 5) is 23.7. The molecule has 1 aromatic carbocycles. The van der Waals surface area contributed by atoms with E-state index < -0.39 is 4.92 Å². The van der Waals surface area contributed by atoms with Gasteiger partial charge in [0.25, 0.3) is 11.6 Å². The number of carbonyl (C=O) groups is 1. The number of nitro groups is 1. The summed E-state index contributed by atoms with van der Waals surface area (Å²) in [5.41, 5.74) is 0.368. The third kappa shape index (κ3) is 3.03. The molecule has 0 unspecified atom stereocenters. The Labute approximate surface area is 115 Å². The third-order valence-corrected chi connectivity index (χ3v) is 2.86. The Morgan fingerprint density at radius 1 is 1.25 bits per heavy atom. The lowest BCUT2D eigenvalue weighted by Crippen LogP contribution is -2.25. The van der Waals surface area contributed by atoms with Gasteiger partial charge < -0.3 is 9.32 Å². The van der Waals surface area contributed by atoms with Gasteiger partial charge in [0, 0.05) is 24.7 Å². The number of non-ortho nitro benzene ring substituents is 1. The molecule has 0 N–H and O–H groups in total. The van der Waals surface area contributed by atoms with Gasteiger partial charge in [0.05, 0.1) is 11.5 Å². The molecule has 2 rings (SSSR count). The minimum absolute atomic E-state index is 0.0362. The van der Waals surface area contributed by atoms with E-state index in [1.165, 1.54) is 29.2 Å². The van der Waals surface area contributed by atoms with Crippen molar-refractivity contribution in [2.45, 2.75) is 13.5 Å². The number of rotatable bonds is 4. The molecule has 20 heavy (non-hydrogen) atoms. The molecular formula is C14H14N2O4. The summed E-state index contributed by atoms with van der Waals surface area (Å²) < 4.78 is 5.41. The number of nitrogens with zero attached hydrogens (tertiary/aromatic N) is 2. The fourth-order valence-corrected chi connectivity index (χ4v) is 1.82.